The molecule has 0 fully saturated rings. The highest BCUT2D eigenvalue weighted by Crippen LogP contribution is 2.40. The molecule has 1 amide bonds. The second kappa shape index (κ2) is 10.4. The zero-order valence-electron chi connectivity index (χ0n) is 20.5. The first kappa shape index (κ1) is 24.5. The minimum atomic E-state index is -0.312. The van der Waals surface area contributed by atoms with Crippen LogP contribution in [-0.2, 0) is 0 Å². The quantitative estimate of drug-likeness (QED) is 0.438. The fraction of sp³-hybridized carbons (Fsp3) is 0.179. The lowest BCUT2D eigenvalue weighted by Gasteiger charge is -2.24. The molecule has 2 heterocycles. The van der Waals surface area contributed by atoms with Gasteiger partial charge in [-0.25, -0.2) is 5.01 Å². The summed E-state index contributed by atoms with van der Waals surface area (Å²) >= 11 is 1.05. The molecule has 8 nitrogen and oxygen atoms in total. The second-order valence-electron chi connectivity index (χ2n) is 8.36. The third-order valence-corrected chi connectivity index (χ3v) is 6.95. The molecule has 0 saturated carbocycles. The van der Waals surface area contributed by atoms with E-state index in [-0.39, 0.29) is 17.0 Å². The van der Waals surface area contributed by atoms with Crippen molar-refractivity contribution < 1.29 is 24.1 Å². The van der Waals surface area contributed by atoms with Gasteiger partial charge in [0.25, 0.3) is 0 Å². The first-order valence-corrected chi connectivity index (χ1v) is 12.4. The van der Waals surface area contributed by atoms with E-state index >= 15 is 0 Å². The number of amides is 1. The molecule has 0 radical (unpaired) electrons. The minimum absolute atomic E-state index is 0.0431. The topological polar surface area (TPSA) is 93.0 Å². The van der Waals surface area contributed by atoms with Gasteiger partial charge in [0.05, 0.1) is 38.0 Å². The predicted molar refractivity (Wildman–Crippen MR) is 145 cm³/mol. The Labute approximate surface area is 218 Å². The molecule has 0 aliphatic carbocycles. The summed E-state index contributed by atoms with van der Waals surface area (Å²) in [7, 11) is 4.76. The fourth-order valence-corrected chi connectivity index (χ4v) is 4.99. The average Bonchev–Trinajstić information content (AvgIpc) is 3.53. The van der Waals surface area contributed by atoms with E-state index in [4.69, 9.17) is 19.3 Å². The molecule has 188 valence electrons. The molecule has 2 aliphatic rings. The van der Waals surface area contributed by atoms with E-state index in [9.17, 15) is 9.90 Å². The van der Waals surface area contributed by atoms with Gasteiger partial charge in [-0.15, -0.1) is 0 Å². The molecule has 2 aliphatic heterocycles. The number of benzene rings is 3. The van der Waals surface area contributed by atoms with Crippen LogP contribution in [0.3, 0.4) is 0 Å². The molecule has 9 heteroatoms. The summed E-state index contributed by atoms with van der Waals surface area (Å²) in [6, 6.07) is 20.4. The monoisotopic (exact) mass is 515 g/mol. The van der Waals surface area contributed by atoms with Gasteiger partial charge >= 0.3 is 5.24 Å². The summed E-state index contributed by atoms with van der Waals surface area (Å²) in [6.07, 6.45) is 2.47. The SMILES string of the molecule is COc1ccc(C2=NN(C3=NC(=O)S/C3=C\c3ccc(O)c(OC)c3)C(c3ccc(OC)cc3)C2)cc1. The number of thioether (sulfide) groups is 1. The van der Waals surface area contributed by atoms with Crippen LogP contribution in [0.1, 0.15) is 29.2 Å². The van der Waals surface area contributed by atoms with Crippen molar-refractivity contribution in [3.63, 3.8) is 0 Å². The van der Waals surface area contributed by atoms with Crippen LogP contribution in [0.25, 0.3) is 6.08 Å². The number of amidine groups is 1. The molecule has 1 atom stereocenters. The number of phenols is 1. The number of hydrogen-bond donors (Lipinski definition) is 1. The van der Waals surface area contributed by atoms with Crippen LogP contribution in [0, 0.1) is 0 Å². The van der Waals surface area contributed by atoms with Gasteiger partial charge in [-0.1, -0.05) is 18.2 Å². The second-order valence-corrected chi connectivity index (χ2v) is 9.35. The van der Waals surface area contributed by atoms with E-state index in [0.29, 0.717) is 22.9 Å². The lowest BCUT2D eigenvalue weighted by Crippen LogP contribution is -2.26. The van der Waals surface area contributed by atoms with Gasteiger partial charge in [-0.3, -0.25) is 4.79 Å². The molecular formula is C28H25N3O5S. The Kier molecular flexibility index (Phi) is 6.87. The van der Waals surface area contributed by atoms with Gasteiger partial charge in [0.15, 0.2) is 17.3 Å². The highest BCUT2D eigenvalue weighted by Gasteiger charge is 2.37. The number of nitrogens with zero attached hydrogens (tertiary/aromatic N) is 3. The first-order chi connectivity index (χ1) is 18.0. The molecule has 5 rings (SSSR count). The maximum atomic E-state index is 12.5. The van der Waals surface area contributed by atoms with Crippen LogP contribution >= 0.6 is 11.8 Å². The summed E-state index contributed by atoms with van der Waals surface area (Å²) in [5.41, 5.74) is 3.62. The van der Waals surface area contributed by atoms with Crippen molar-refractivity contribution >= 4 is 34.6 Å². The molecule has 0 bridgehead atoms. The molecule has 37 heavy (non-hydrogen) atoms. The molecule has 0 spiro atoms. The van der Waals surface area contributed by atoms with Crippen molar-refractivity contribution in [2.45, 2.75) is 12.5 Å². The van der Waals surface area contributed by atoms with Crippen LogP contribution in [0.5, 0.6) is 23.0 Å². The predicted octanol–water partition coefficient (Wildman–Crippen LogP) is 5.88. The van der Waals surface area contributed by atoms with Crippen LogP contribution in [0.4, 0.5) is 4.79 Å². The van der Waals surface area contributed by atoms with E-state index < -0.39 is 0 Å². The molecule has 3 aromatic carbocycles. The highest BCUT2D eigenvalue weighted by atomic mass is 32.2. The number of rotatable bonds is 6. The summed E-state index contributed by atoms with van der Waals surface area (Å²) in [4.78, 5) is 17.5. The Hall–Kier alpha value is -4.24. The molecule has 0 saturated heterocycles. The number of carbonyl (C=O) groups is 1. The largest absolute Gasteiger partial charge is 0.504 e. The lowest BCUT2D eigenvalue weighted by atomic mass is 9.98. The van der Waals surface area contributed by atoms with Gasteiger partial charge in [0.1, 0.15) is 11.5 Å². The van der Waals surface area contributed by atoms with Gasteiger partial charge < -0.3 is 19.3 Å². The van der Waals surface area contributed by atoms with E-state index in [1.54, 1.807) is 32.4 Å². The number of ether oxygens (including phenoxy) is 3. The number of methoxy groups -OCH3 is 3. The Bertz CT molecular complexity index is 1410. The first-order valence-electron chi connectivity index (χ1n) is 11.5. The zero-order chi connectivity index (χ0) is 25.9. The summed E-state index contributed by atoms with van der Waals surface area (Å²) in [6.45, 7) is 0. The minimum Gasteiger partial charge on any atom is -0.504 e. The Morgan fingerprint density at radius 1 is 0.946 bits per heavy atom. The van der Waals surface area contributed by atoms with Crippen LogP contribution in [0.15, 0.2) is 81.7 Å². The highest BCUT2D eigenvalue weighted by molar-refractivity contribution is 8.18. The number of aliphatic imine (C=N–C) groups is 1. The Balaban J connectivity index is 1.55. The fourth-order valence-electron chi connectivity index (χ4n) is 4.25. The maximum absolute atomic E-state index is 12.5. The average molecular weight is 516 g/mol. The third-order valence-electron chi connectivity index (χ3n) is 6.17. The zero-order valence-corrected chi connectivity index (χ0v) is 21.4. The van der Waals surface area contributed by atoms with Crippen LogP contribution in [0.2, 0.25) is 0 Å². The molecule has 1 unspecified atom stereocenters. The molecule has 0 aromatic heterocycles. The smallest absolute Gasteiger partial charge is 0.311 e. The van der Waals surface area contributed by atoms with E-state index in [1.165, 1.54) is 7.11 Å². The van der Waals surface area contributed by atoms with Crippen LogP contribution in [-0.4, -0.2) is 48.2 Å². The van der Waals surface area contributed by atoms with Crippen molar-refractivity contribution in [3.8, 4) is 23.0 Å². The maximum Gasteiger partial charge on any atom is 0.311 e. The summed E-state index contributed by atoms with van der Waals surface area (Å²) < 4.78 is 15.9. The van der Waals surface area contributed by atoms with Crippen molar-refractivity contribution in [2.24, 2.45) is 10.1 Å². The molecule has 1 N–H and O–H groups in total. The number of phenolic OH excluding ortho intramolecular Hbond substituents is 1. The number of hydrogen-bond acceptors (Lipinski definition) is 8. The standard InChI is InChI=1S/C28H25N3O5S/c1-34-20-9-5-18(6-10-20)22-16-23(19-7-11-21(35-2)12-8-19)31(30-22)27-26(37-28(33)29-27)15-17-4-13-24(32)25(14-17)36-3/h4-15,23,32H,16H2,1-3H3/b26-15-. The number of hydrazone groups is 1. The third kappa shape index (κ3) is 5.03. The van der Waals surface area contributed by atoms with E-state index in [2.05, 4.69) is 4.99 Å². The Morgan fingerprint density at radius 2 is 1.62 bits per heavy atom. The number of carbonyl (C=O) groups excluding carboxylic acids is 1. The van der Waals surface area contributed by atoms with Crippen molar-refractivity contribution in [1.82, 2.24) is 5.01 Å². The van der Waals surface area contributed by atoms with E-state index in [1.807, 2.05) is 59.6 Å². The lowest BCUT2D eigenvalue weighted by molar-refractivity contribution is 0.267. The number of aromatic hydroxyl groups is 1. The van der Waals surface area contributed by atoms with E-state index in [0.717, 1.165) is 45.7 Å². The van der Waals surface area contributed by atoms with Crippen molar-refractivity contribution in [1.29, 1.82) is 0 Å². The normalized spacial score (nSPS) is 18.1. The Morgan fingerprint density at radius 3 is 2.27 bits per heavy atom. The van der Waals surface area contributed by atoms with Crippen molar-refractivity contribution in [2.75, 3.05) is 21.3 Å². The molecule has 3 aromatic rings. The van der Waals surface area contributed by atoms with Crippen LogP contribution < -0.4 is 14.2 Å². The van der Waals surface area contributed by atoms with Crippen molar-refractivity contribution in [3.05, 3.63) is 88.3 Å². The van der Waals surface area contributed by atoms with Gasteiger partial charge in [0, 0.05) is 6.42 Å². The van der Waals surface area contributed by atoms with Gasteiger partial charge in [-0.2, -0.15) is 10.1 Å². The van der Waals surface area contributed by atoms with Gasteiger partial charge in [-0.05, 0) is 83.1 Å². The molecular weight excluding hydrogens is 490 g/mol. The van der Waals surface area contributed by atoms with Gasteiger partial charge in [0.2, 0.25) is 0 Å². The summed E-state index contributed by atoms with van der Waals surface area (Å²) in [5.74, 6) is 2.39. The summed E-state index contributed by atoms with van der Waals surface area (Å²) in [5, 5.41) is 16.4.